The molecule has 1 aromatic rings. The molecule has 19 heavy (non-hydrogen) atoms. The van der Waals surface area contributed by atoms with Crippen LogP contribution in [0, 0.1) is 12.8 Å². The predicted octanol–water partition coefficient (Wildman–Crippen LogP) is 3.62. The monoisotopic (exact) mass is 263 g/mol. The minimum atomic E-state index is -0.0329. The summed E-state index contributed by atoms with van der Waals surface area (Å²) in [6, 6.07) is 5.98. The Morgan fingerprint density at radius 2 is 2.00 bits per heavy atom. The van der Waals surface area contributed by atoms with Gasteiger partial charge in [0.05, 0.1) is 13.2 Å². The number of aryl methyl sites for hydroxylation is 1. The van der Waals surface area contributed by atoms with Crippen LogP contribution in [0.5, 0.6) is 5.75 Å². The van der Waals surface area contributed by atoms with Gasteiger partial charge in [-0.2, -0.15) is 0 Å². The summed E-state index contributed by atoms with van der Waals surface area (Å²) in [7, 11) is 1.65. The number of hydrogen-bond donors (Lipinski definition) is 1. The van der Waals surface area contributed by atoms with Crippen LogP contribution < -0.4 is 10.1 Å². The molecule has 0 fully saturated rings. The molecule has 0 spiro atoms. The molecule has 0 radical (unpaired) electrons. The van der Waals surface area contributed by atoms with Crippen LogP contribution in [-0.4, -0.2) is 13.0 Å². The molecule has 0 saturated heterocycles. The van der Waals surface area contributed by atoms with Gasteiger partial charge in [-0.15, -0.1) is 0 Å². The van der Waals surface area contributed by atoms with Crippen LogP contribution in [0.3, 0.4) is 0 Å². The van der Waals surface area contributed by atoms with Gasteiger partial charge in [-0.3, -0.25) is 4.79 Å². The molecule has 0 aliphatic rings. The number of hydrogen-bond acceptors (Lipinski definition) is 2. The van der Waals surface area contributed by atoms with E-state index in [1.54, 1.807) is 7.11 Å². The Bertz CT molecular complexity index is 427. The number of carbonyl (C=O) groups excluding carboxylic acids is 1. The van der Waals surface area contributed by atoms with Crippen molar-refractivity contribution in [2.45, 2.75) is 46.6 Å². The van der Waals surface area contributed by atoms with E-state index in [0.29, 0.717) is 12.3 Å². The van der Waals surface area contributed by atoms with E-state index in [4.69, 9.17) is 4.74 Å². The second kappa shape index (κ2) is 7.17. The Morgan fingerprint density at radius 1 is 1.32 bits per heavy atom. The van der Waals surface area contributed by atoms with Gasteiger partial charge in [0.1, 0.15) is 5.75 Å². The smallest absolute Gasteiger partial charge is 0.220 e. The number of amides is 1. The summed E-state index contributed by atoms with van der Waals surface area (Å²) in [6.07, 6.45) is 1.50. The van der Waals surface area contributed by atoms with E-state index >= 15 is 0 Å². The molecule has 0 heterocycles. The highest BCUT2D eigenvalue weighted by Gasteiger charge is 2.14. The van der Waals surface area contributed by atoms with Gasteiger partial charge in [-0.1, -0.05) is 31.5 Å². The Hall–Kier alpha value is -1.51. The summed E-state index contributed by atoms with van der Waals surface area (Å²) in [4.78, 5) is 11.9. The molecule has 0 aliphatic heterocycles. The fourth-order valence-corrected chi connectivity index (χ4v) is 2.00. The molecule has 3 heteroatoms. The van der Waals surface area contributed by atoms with Gasteiger partial charge in [0.25, 0.3) is 0 Å². The second-order valence-corrected chi connectivity index (χ2v) is 5.47. The Morgan fingerprint density at radius 3 is 2.58 bits per heavy atom. The first kappa shape index (κ1) is 15.5. The fourth-order valence-electron chi connectivity index (χ4n) is 2.00. The van der Waals surface area contributed by atoms with E-state index in [2.05, 4.69) is 25.2 Å². The van der Waals surface area contributed by atoms with Crippen LogP contribution in [0.2, 0.25) is 0 Å². The number of methoxy groups -OCH3 is 1. The van der Waals surface area contributed by atoms with E-state index in [9.17, 15) is 4.79 Å². The van der Waals surface area contributed by atoms with E-state index in [1.807, 2.05) is 26.0 Å². The van der Waals surface area contributed by atoms with Crippen LogP contribution in [-0.2, 0) is 4.79 Å². The molecule has 106 valence electrons. The molecule has 0 bridgehead atoms. The van der Waals surface area contributed by atoms with Gasteiger partial charge in [0.2, 0.25) is 5.91 Å². The fraction of sp³-hybridized carbons (Fsp3) is 0.562. The SMILES string of the molecule is COc1ccc(C)cc1C(C)NC(=O)CCC(C)C. The molecule has 0 aromatic heterocycles. The van der Waals surface area contributed by atoms with E-state index in [0.717, 1.165) is 17.7 Å². The summed E-state index contributed by atoms with van der Waals surface area (Å²) in [6.45, 7) is 8.28. The normalized spacial score (nSPS) is 12.3. The first-order valence-electron chi connectivity index (χ1n) is 6.88. The first-order valence-corrected chi connectivity index (χ1v) is 6.88. The van der Waals surface area contributed by atoms with Crippen molar-refractivity contribution in [2.24, 2.45) is 5.92 Å². The third-order valence-corrected chi connectivity index (χ3v) is 3.18. The Labute approximate surface area is 116 Å². The molecule has 0 saturated carbocycles. The number of carbonyl (C=O) groups is 1. The summed E-state index contributed by atoms with van der Waals surface area (Å²) in [5, 5.41) is 3.03. The van der Waals surface area contributed by atoms with Gasteiger partial charge in [-0.05, 0) is 32.3 Å². The zero-order chi connectivity index (χ0) is 14.4. The molecular formula is C16H25NO2. The maximum absolute atomic E-state index is 11.9. The third-order valence-electron chi connectivity index (χ3n) is 3.18. The van der Waals surface area contributed by atoms with Crippen LogP contribution in [0.25, 0.3) is 0 Å². The number of nitrogens with one attached hydrogen (secondary N) is 1. The highest BCUT2D eigenvalue weighted by atomic mass is 16.5. The van der Waals surface area contributed by atoms with Crippen molar-refractivity contribution in [1.29, 1.82) is 0 Å². The zero-order valence-electron chi connectivity index (χ0n) is 12.6. The molecular weight excluding hydrogens is 238 g/mol. The number of benzene rings is 1. The van der Waals surface area contributed by atoms with Gasteiger partial charge in [0.15, 0.2) is 0 Å². The second-order valence-electron chi connectivity index (χ2n) is 5.47. The van der Waals surface area contributed by atoms with Gasteiger partial charge in [0, 0.05) is 12.0 Å². The number of rotatable bonds is 6. The predicted molar refractivity (Wildman–Crippen MR) is 78.4 cm³/mol. The van der Waals surface area contributed by atoms with Crippen LogP contribution in [0.15, 0.2) is 18.2 Å². The molecule has 1 atom stereocenters. The van der Waals surface area contributed by atoms with E-state index in [1.165, 1.54) is 5.56 Å². The molecule has 0 aliphatic carbocycles. The van der Waals surface area contributed by atoms with Crippen LogP contribution in [0.4, 0.5) is 0 Å². The lowest BCUT2D eigenvalue weighted by molar-refractivity contribution is -0.122. The average molecular weight is 263 g/mol. The quantitative estimate of drug-likeness (QED) is 0.851. The highest BCUT2D eigenvalue weighted by molar-refractivity contribution is 5.76. The number of ether oxygens (including phenoxy) is 1. The van der Waals surface area contributed by atoms with Crippen molar-refractivity contribution in [3.05, 3.63) is 29.3 Å². The zero-order valence-corrected chi connectivity index (χ0v) is 12.6. The van der Waals surface area contributed by atoms with Crippen LogP contribution in [0.1, 0.15) is 50.8 Å². The van der Waals surface area contributed by atoms with Gasteiger partial charge in [-0.25, -0.2) is 0 Å². The molecule has 3 nitrogen and oxygen atoms in total. The molecule has 1 N–H and O–H groups in total. The van der Waals surface area contributed by atoms with Crippen molar-refractivity contribution in [1.82, 2.24) is 5.32 Å². The molecule has 1 unspecified atom stereocenters. The maximum atomic E-state index is 11.9. The minimum Gasteiger partial charge on any atom is -0.496 e. The maximum Gasteiger partial charge on any atom is 0.220 e. The topological polar surface area (TPSA) is 38.3 Å². The summed E-state index contributed by atoms with van der Waals surface area (Å²) in [5.41, 5.74) is 2.19. The Balaban J connectivity index is 2.69. The average Bonchev–Trinajstić information content (AvgIpc) is 2.36. The van der Waals surface area contributed by atoms with Gasteiger partial charge >= 0.3 is 0 Å². The van der Waals surface area contributed by atoms with Gasteiger partial charge < -0.3 is 10.1 Å². The largest absolute Gasteiger partial charge is 0.496 e. The lowest BCUT2D eigenvalue weighted by atomic mass is 10.0. The summed E-state index contributed by atoms with van der Waals surface area (Å²) < 4.78 is 5.35. The molecule has 1 amide bonds. The van der Waals surface area contributed by atoms with E-state index < -0.39 is 0 Å². The lowest BCUT2D eigenvalue weighted by Crippen LogP contribution is -2.27. The summed E-state index contributed by atoms with van der Waals surface area (Å²) in [5.74, 6) is 1.47. The van der Waals surface area contributed by atoms with E-state index in [-0.39, 0.29) is 11.9 Å². The lowest BCUT2D eigenvalue weighted by Gasteiger charge is -2.18. The van der Waals surface area contributed by atoms with Crippen molar-refractivity contribution >= 4 is 5.91 Å². The first-order chi connectivity index (χ1) is 8.93. The summed E-state index contributed by atoms with van der Waals surface area (Å²) >= 11 is 0. The van der Waals surface area contributed by atoms with Crippen molar-refractivity contribution in [3.63, 3.8) is 0 Å². The van der Waals surface area contributed by atoms with Crippen molar-refractivity contribution in [3.8, 4) is 5.75 Å². The minimum absolute atomic E-state index is 0.0329. The highest BCUT2D eigenvalue weighted by Crippen LogP contribution is 2.26. The van der Waals surface area contributed by atoms with Crippen molar-refractivity contribution < 1.29 is 9.53 Å². The third kappa shape index (κ3) is 4.93. The van der Waals surface area contributed by atoms with Crippen molar-refractivity contribution in [2.75, 3.05) is 7.11 Å². The standard InChI is InChI=1S/C16H25NO2/c1-11(2)6-9-16(18)17-13(4)14-10-12(3)7-8-15(14)19-5/h7-8,10-11,13H,6,9H2,1-5H3,(H,17,18). The molecule has 1 rings (SSSR count). The molecule has 1 aromatic carbocycles. The Kier molecular flexibility index (Phi) is 5.87. The van der Waals surface area contributed by atoms with Crippen LogP contribution >= 0.6 is 0 Å².